The molecule has 0 saturated carbocycles. The Morgan fingerprint density at radius 3 is 2.81 bits per heavy atom. The molecule has 0 bridgehead atoms. The summed E-state index contributed by atoms with van der Waals surface area (Å²) in [6.45, 7) is 0.639. The van der Waals surface area contributed by atoms with E-state index in [9.17, 15) is 19.7 Å². The van der Waals surface area contributed by atoms with E-state index in [1.165, 1.54) is 36.7 Å². The van der Waals surface area contributed by atoms with Crippen LogP contribution in [0.25, 0.3) is 0 Å². The number of non-ortho nitro benzene ring substituents is 1. The Labute approximate surface area is 148 Å². The third kappa shape index (κ3) is 4.12. The molecule has 0 spiro atoms. The van der Waals surface area contributed by atoms with Crippen LogP contribution in [0.2, 0.25) is 0 Å². The molecule has 1 aliphatic heterocycles. The van der Waals surface area contributed by atoms with Gasteiger partial charge in [0.05, 0.1) is 29.9 Å². The Bertz CT molecular complexity index is 829. The summed E-state index contributed by atoms with van der Waals surface area (Å²) in [6, 6.07) is 9.27. The number of nitro groups is 1. The van der Waals surface area contributed by atoms with E-state index in [0.29, 0.717) is 24.4 Å². The molecule has 9 heteroatoms. The third-order valence-corrected chi connectivity index (χ3v) is 4.00. The van der Waals surface area contributed by atoms with Crippen molar-refractivity contribution in [3.05, 3.63) is 64.1 Å². The Hall–Kier alpha value is -3.49. The third-order valence-electron chi connectivity index (χ3n) is 4.00. The van der Waals surface area contributed by atoms with Crippen LogP contribution in [0.5, 0.6) is 0 Å². The summed E-state index contributed by atoms with van der Waals surface area (Å²) >= 11 is 0. The first-order valence-corrected chi connectivity index (χ1v) is 7.90. The van der Waals surface area contributed by atoms with Gasteiger partial charge >= 0.3 is 0 Å². The quantitative estimate of drug-likeness (QED) is 0.480. The molecule has 134 valence electrons. The van der Waals surface area contributed by atoms with Gasteiger partial charge in [0.1, 0.15) is 5.76 Å². The van der Waals surface area contributed by atoms with Crippen molar-refractivity contribution in [2.24, 2.45) is 11.0 Å². The number of carbonyl (C=O) groups is 2. The topological polar surface area (TPSA) is 118 Å². The molecule has 1 fully saturated rings. The van der Waals surface area contributed by atoms with Crippen molar-refractivity contribution < 1.29 is 18.9 Å². The van der Waals surface area contributed by atoms with Crippen LogP contribution in [-0.4, -0.2) is 34.4 Å². The van der Waals surface area contributed by atoms with Gasteiger partial charge in [-0.1, -0.05) is 0 Å². The van der Waals surface area contributed by atoms with Crippen molar-refractivity contribution >= 4 is 23.7 Å². The van der Waals surface area contributed by atoms with Crippen LogP contribution in [0, 0.1) is 16.0 Å². The Kier molecular flexibility index (Phi) is 5.07. The highest BCUT2D eigenvalue weighted by Gasteiger charge is 2.34. The minimum absolute atomic E-state index is 0.0210. The van der Waals surface area contributed by atoms with E-state index >= 15 is 0 Å². The van der Waals surface area contributed by atoms with Gasteiger partial charge in [0.2, 0.25) is 11.8 Å². The molecule has 2 heterocycles. The van der Waals surface area contributed by atoms with Gasteiger partial charge in [0, 0.05) is 25.1 Å². The van der Waals surface area contributed by atoms with Crippen LogP contribution >= 0.6 is 0 Å². The second-order valence-electron chi connectivity index (χ2n) is 5.84. The highest BCUT2D eigenvalue weighted by atomic mass is 16.6. The fraction of sp³-hybridized carbons (Fsp3) is 0.235. The van der Waals surface area contributed by atoms with E-state index in [2.05, 4.69) is 10.5 Å². The van der Waals surface area contributed by atoms with Gasteiger partial charge in [-0.05, 0) is 29.8 Å². The first kappa shape index (κ1) is 17.3. The van der Waals surface area contributed by atoms with Crippen LogP contribution in [0.1, 0.15) is 17.7 Å². The highest BCUT2D eigenvalue weighted by molar-refractivity contribution is 5.90. The molecule has 1 aromatic carbocycles. The number of benzene rings is 1. The molecule has 1 aromatic heterocycles. The van der Waals surface area contributed by atoms with Gasteiger partial charge in [0.15, 0.2) is 0 Å². The summed E-state index contributed by atoms with van der Waals surface area (Å²) in [4.78, 5) is 35.8. The predicted octanol–water partition coefficient (Wildman–Crippen LogP) is 1.69. The zero-order chi connectivity index (χ0) is 18.5. The monoisotopic (exact) mass is 356 g/mol. The van der Waals surface area contributed by atoms with Crippen molar-refractivity contribution in [1.82, 2.24) is 10.3 Å². The first-order valence-electron chi connectivity index (χ1n) is 7.90. The van der Waals surface area contributed by atoms with Gasteiger partial charge in [-0.15, -0.1) is 0 Å². The van der Waals surface area contributed by atoms with Gasteiger partial charge in [0.25, 0.3) is 5.69 Å². The lowest BCUT2D eigenvalue weighted by molar-refractivity contribution is -0.384. The molecule has 1 N–H and O–H groups in total. The molecule has 2 aromatic rings. The van der Waals surface area contributed by atoms with E-state index in [1.807, 2.05) is 0 Å². The van der Waals surface area contributed by atoms with Crippen LogP contribution in [0.4, 0.5) is 5.69 Å². The molecule has 1 aliphatic rings. The maximum absolute atomic E-state index is 12.2. The number of hydrogen-bond donors (Lipinski definition) is 1. The summed E-state index contributed by atoms with van der Waals surface area (Å²) in [5.41, 5.74) is 2.99. The Morgan fingerprint density at radius 1 is 1.38 bits per heavy atom. The van der Waals surface area contributed by atoms with E-state index in [0.717, 1.165) is 0 Å². The largest absolute Gasteiger partial charge is 0.467 e. The molecule has 0 aliphatic carbocycles. The number of nitrogens with zero attached hydrogens (tertiary/aromatic N) is 3. The first-order chi connectivity index (χ1) is 12.5. The summed E-state index contributed by atoms with van der Waals surface area (Å²) in [5.74, 6) is -0.276. The SMILES string of the molecule is O=C(N/N=C/c1ccc([N+](=O)[O-])cc1)C1CC(=O)N(Cc2ccco2)C1. The number of furan rings is 1. The average molecular weight is 356 g/mol. The lowest BCUT2D eigenvalue weighted by Crippen LogP contribution is -2.30. The maximum atomic E-state index is 12.2. The lowest BCUT2D eigenvalue weighted by atomic mass is 10.1. The van der Waals surface area contributed by atoms with Crippen LogP contribution < -0.4 is 5.43 Å². The van der Waals surface area contributed by atoms with Crippen LogP contribution in [0.15, 0.2) is 52.2 Å². The standard InChI is InChI=1S/C17H16N4O5/c22-16-8-13(10-20(16)11-15-2-1-7-26-15)17(23)19-18-9-12-3-5-14(6-4-12)21(24)25/h1-7,9,13H,8,10-11H2,(H,19,23)/b18-9+. The molecule has 0 radical (unpaired) electrons. The van der Waals surface area contributed by atoms with Crippen molar-refractivity contribution in [3.63, 3.8) is 0 Å². The van der Waals surface area contributed by atoms with E-state index in [4.69, 9.17) is 4.42 Å². The minimum Gasteiger partial charge on any atom is -0.467 e. The minimum atomic E-state index is -0.492. The Balaban J connectivity index is 1.51. The van der Waals surface area contributed by atoms with Gasteiger partial charge in [-0.25, -0.2) is 5.43 Å². The maximum Gasteiger partial charge on any atom is 0.269 e. The predicted molar refractivity (Wildman–Crippen MR) is 91.1 cm³/mol. The molecule has 2 amide bonds. The molecule has 9 nitrogen and oxygen atoms in total. The van der Waals surface area contributed by atoms with Crippen LogP contribution in [0.3, 0.4) is 0 Å². The van der Waals surface area contributed by atoms with E-state index in [1.54, 1.807) is 17.0 Å². The van der Waals surface area contributed by atoms with Crippen molar-refractivity contribution in [3.8, 4) is 0 Å². The number of likely N-dealkylation sites (tertiary alicyclic amines) is 1. The zero-order valence-corrected chi connectivity index (χ0v) is 13.7. The van der Waals surface area contributed by atoms with Crippen molar-refractivity contribution in [2.45, 2.75) is 13.0 Å². The van der Waals surface area contributed by atoms with Gasteiger partial charge in [-0.2, -0.15) is 5.10 Å². The number of rotatable bonds is 6. The number of amides is 2. The smallest absolute Gasteiger partial charge is 0.269 e. The van der Waals surface area contributed by atoms with E-state index in [-0.39, 0.29) is 23.9 Å². The van der Waals surface area contributed by atoms with Gasteiger partial charge < -0.3 is 9.32 Å². The molecule has 1 atom stereocenters. The highest BCUT2D eigenvalue weighted by Crippen LogP contribution is 2.20. The fourth-order valence-corrected chi connectivity index (χ4v) is 2.64. The lowest BCUT2D eigenvalue weighted by Gasteiger charge is -2.14. The number of nitrogens with one attached hydrogen (secondary N) is 1. The molecule has 1 unspecified atom stereocenters. The van der Waals surface area contributed by atoms with E-state index < -0.39 is 10.8 Å². The van der Waals surface area contributed by atoms with Crippen molar-refractivity contribution in [2.75, 3.05) is 6.54 Å². The Morgan fingerprint density at radius 2 is 2.15 bits per heavy atom. The number of carbonyl (C=O) groups excluding carboxylic acids is 2. The second-order valence-corrected chi connectivity index (χ2v) is 5.84. The zero-order valence-electron chi connectivity index (χ0n) is 13.7. The summed E-state index contributed by atoms with van der Waals surface area (Å²) < 4.78 is 5.22. The molecular weight excluding hydrogens is 340 g/mol. The summed E-state index contributed by atoms with van der Waals surface area (Å²) in [7, 11) is 0. The average Bonchev–Trinajstić information content (AvgIpc) is 3.26. The molecule has 26 heavy (non-hydrogen) atoms. The molecule has 1 saturated heterocycles. The second kappa shape index (κ2) is 7.60. The molecular formula is C17H16N4O5. The normalized spacial score (nSPS) is 17.0. The van der Waals surface area contributed by atoms with Crippen molar-refractivity contribution in [1.29, 1.82) is 0 Å². The number of hydrazone groups is 1. The number of hydrogen-bond acceptors (Lipinski definition) is 6. The summed E-state index contributed by atoms with van der Waals surface area (Å²) in [5, 5.41) is 14.4. The van der Waals surface area contributed by atoms with Gasteiger partial charge in [-0.3, -0.25) is 19.7 Å². The summed E-state index contributed by atoms with van der Waals surface area (Å²) in [6.07, 6.45) is 3.05. The van der Waals surface area contributed by atoms with Crippen LogP contribution in [-0.2, 0) is 16.1 Å². The fourth-order valence-electron chi connectivity index (χ4n) is 2.64. The molecule has 3 rings (SSSR count). The number of nitro benzene ring substituents is 1.